The summed E-state index contributed by atoms with van der Waals surface area (Å²) in [5.41, 5.74) is 3.42. The average molecular weight is 546 g/mol. The number of aryl methyl sites for hydroxylation is 1. The van der Waals surface area contributed by atoms with E-state index in [0.29, 0.717) is 35.6 Å². The Morgan fingerprint density at radius 1 is 1.10 bits per heavy atom. The first-order chi connectivity index (χ1) is 18.4. The van der Waals surface area contributed by atoms with Crippen molar-refractivity contribution < 1.29 is 18.3 Å². The average Bonchev–Trinajstić information content (AvgIpc) is 3.18. The van der Waals surface area contributed by atoms with Gasteiger partial charge < -0.3 is 15.3 Å². The van der Waals surface area contributed by atoms with Gasteiger partial charge in [-0.2, -0.15) is 0 Å². The van der Waals surface area contributed by atoms with E-state index in [1.54, 1.807) is 25.3 Å². The SMILES string of the molecule is Cc1ccc(C(=O)NCc2cc3nc(-c4cccc(N5C[C@@H](O)C(C)(C)C5)n4)ccc3cn2)cc1S(C)(=O)=O. The molecule has 0 bridgehead atoms. The predicted octanol–water partition coefficient (Wildman–Crippen LogP) is 3.54. The highest BCUT2D eigenvalue weighted by Crippen LogP contribution is 2.33. The second-order valence-corrected chi connectivity index (χ2v) is 12.8. The Morgan fingerprint density at radius 2 is 1.87 bits per heavy atom. The van der Waals surface area contributed by atoms with Crippen LogP contribution in [0.25, 0.3) is 22.3 Å². The number of amides is 1. The molecule has 202 valence electrons. The molecular weight excluding hydrogens is 514 g/mol. The van der Waals surface area contributed by atoms with Gasteiger partial charge in [-0.3, -0.25) is 9.78 Å². The van der Waals surface area contributed by atoms with Crippen molar-refractivity contribution in [3.8, 4) is 11.4 Å². The molecule has 1 fully saturated rings. The fraction of sp³-hybridized carbons (Fsp3) is 0.310. The summed E-state index contributed by atoms with van der Waals surface area (Å²) >= 11 is 0. The number of carbonyl (C=O) groups excluding carboxylic acids is 1. The number of β-amino-alcohol motifs (C(OH)–C–C–N with tert-alkyl or cyclic N) is 1. The van der Waals surface area contributed by atoms with Crippen molar-refractivity contribution in [2.75, 3.05) is 24.2 Å². The summed E-state index contributed by atoms with van der Waals surface area (Å²) < 4.78 is 24.0. The fourth-order valence-electron chi connectivity index (χ4n) is 4.75. The summed E-state index contributed by atoms with van der Waals surface area (Å²) in [6, 6.07) is 16.1. The zero-order chi connectivity index (χ0) is 27.9. The Labute approximate surface area is 227 Å². The minimum absolute atomic E-state index is 0.137. The number of rotatable bonds is 6. The Kier molecular flexibility index (Phi) is 6.86. The van der Waals surface area contributed by atoms with Gasteiger partial charge in [-0.1, -0.05) is 26.0 Å². The van der Waals surface area contributed by atoms with Crippen LogP contribution < -0.4 is 10.2 Å². The number of carbonyl (C=O) groups is 1. The molecule has 1 amide bonds. The van der Waals surface area contributed by atoms with E-state index in [1.165, 1.54) is 6.07 Å². The zero-order valence-corrected chi connectivity index (χ0v) is 23.2. The van der Waals surface area contributed by atoms with Crippen LogP contribution in [0.3, 0.4) is 0 Å². The third-order valence-electron chi connectivity index (χ3n) is 7.12. The summed E-state index contributed by atoms with van der Waals surface area (Å²) in [6.07, 6.45) is 2.42. The number of aromatic nitrogens is 3. The summed E-state index contributed by atoms with van der Waals surface area (Å²) in [4.78, 5) is 29.0. The number of anilines is 1. The van der Waals surface area contributed by atoms with Gasteiger partial charge in [-0.05, 0) is 55.0 Å². The highest BCUT2D eigenvalue weighted by Gasteiger charge is 2.38. The van der Waals surface area contributed by atoms with Gasteiger partial charge in [0.25, 0.3) is 5.91 Å². The molecule has 0 radical (unpaired) electrons. The molecule has 0 spiro atoms. The molecule has 10 heteroatoms. The van der Waals surface area contributed by atoms with Crippen LogP contribution in [-0.4, -0.2) is 59.8 Å². The van der Waals surface area contributed by atoms with Gasteiger partial charge >= 0.3 is 0 Å². The Bertz CT molecular complexity index is 1690. The maximum Gasteiger partial charge on any atom is 0.251 e. The van der Waals surface area contributed by atoms with Crippen LogP contribution in [-0.2, 0) is 16.4 Å². The number of fused-ring (bicyclic) bond motifs is 1. The van der Waals surface area contributed by atoms with Crippen LogP contribution in [0.1, 0.15) is 35.5 Å². The number of hydrogen-bond donors (Lipinski definition) is 2. The van der Waals surface area contributed by atoms with E-state index < -0.39 is 15.9 Å². The molecule has 4 aromatic rings. The number of hydrogen-bond acceptors (Lipinski definition) is 8. The van der Waals surface area contributed by atoms with E-state index in [4.69, 9.17) is 9.97 Å². The van der Waals surface area contributed by atoms with E-state index in [1.807, 2.05) is 50.2 Å². The topological polar surface area (TPSA) is 125 Å². The van der Waals surface area contributed by atoms with E-state index in [9.17, 15) is 18.3 Å². The molecule has 1 saturated heterocycles. The van der Waals surface area contributed by atoms with Crippen molar-refractivity contribution in [2.24, 2.45) is 5.41 Å². The van der Waals surface area contributed by atoms with Gasteiger partial charge in [0.05, 0.1) is 40.1 Å². The molecule has 0 aliphatic carbocycles. The Hall–Kier alpha value is -3.89. The lowest BCUT2D eigenvalue weighted by atomic mass is 9.90. The van der Waals surface area contributed by atoms with Crippen molar-refractivity contribution in [2.45, 2.75) is 38.3 Å². The van der Waals surface area contributed by atoms with Crippen LogP contribution in [0.4, 0.5) is 5.82 Å². The van der Waals surface area contributed by atoms with Gasteiger partial charge in [0.15, 0.2) is 9.84 Å². The molecule has 1 atom stereocenters. The van der Waals surface area contributed by atoms with Crippen LogP contribution in [0.15, 0.2) is 65.7 Å². The molecular formula is C29H31N5O4S. The molecule has 2 N–H and O–H groups in total. The van der Waals surface area contributed by atoms with Crippen molar-refractivity contribution in [1.29, 1.82) is 0 Å². The quantitative estimate of drug-likeness (QED) is 0.377. The van der Waals surface area contributed by atoms with Gasteiger partial charge in [-0.15, -0.1) is 0 Å². The molecule has 9 nitrogen and oxygen atoms in total. The van der Waals surface area contributed by atoms with Gasteiger partial charge in [-0.25, -0.2) is 18.4 Å². The molecule has 3 aromatic heterocycles. The minimum Gasteiger partial charge on any atom is -0.391 e. The van der Waals surface area contributed by atoms with Crippen LogP contribution in [0.5, 0.6) is 0 Å². The molecule has 5 rings (SSSR count). The Morgan fingerprint density at radius 3 is 2.59 bits per heavy atom. The summed E-state index contributed by atoms with van der Waals surface area (Å²) in [6.45, 7) is 7.20. The van der Waals surface area contributed by atoms with Gasteiger partial charge in [0.1, 0.15) is 5.82 Å². The van der Waals surface area contributed by atoms with Crippen molar-refractivity contribution in [3.63, 3.8) is 0 Å². The van der Waals surface area contributed by atoms with Crippen LogP contribution in [0.2, 0.25) is 0 Å². The van der Waals surface area contributed by atoms with E-state index in [-0.39, 0.29) is 28.3 Å². The normalized spacial score (nSPS) is 16.9. The number of pyridine rings is 3. The maximum atomic E-state index is 12.7. The Balaban J connectivity index is 1.34. The van der Waals surface area contributed by atoms with Crippen molar-refractivity contribution in [1.82, 2.24) is 20.3 Å². The number of aliphatic hydroxyl groups excluding tert-OH is 1. The highest BCUT2D eigenvalue weighted by atomic mass is 32.2. The smallest absolute Gasteiger partial charge is 0.251 e. The van der Waals surface area contributed by atoms with Crippen molar-refractivity contribution in [3.05, 3.63) is 77.6 Å². The van der Waals surface area contributed by atoms with Crippen LogP contribution in [0, 0.1) is 12.3 Å². The van der Waals surface area contributed by atoms with Gasteiger partial charge in [0.2, 0.25) is 0 Å². The first-order valence-electron chi connectivity index (χ1n) is 12.7. The molecule has 4 heterocycles. The molecule has 1 aliphatic heterocycles. The lowest BCUT2D eigenvalue weighted by Crippen LogP contribution is -2.26. The predicted molar refractivity (Wildman–Crippen MR) is 150 cm³/mol. The molecule has 0 unspecified atom stereocenters. The second-order valence-electron chi connectivity index (χ2n) is 10.8. The second kappa shape index (κ2) is 10.0. The van der Waals surface area contributed by atoms with Crippen molar-refractivity contribution >= 4 is 32.5 Å². The monoisotopic (exact) mass is 545 g/mol. The first kappa shape index (κ1) is 26.7. The minimum atomic E-state index is -3.44. The van der Waals surface area contributed by atoms with Gasteiger partial charge in [0, 0.05) is 41.9 Å². The zero-order valence-electron chi connectivity index (χ0n) is 22.3. The lowest BCUT2D eigenvalue weighted by molar-refractivity contribution is 0.0949. The van der Waals surface area contributed by atoms with E-state index >= 15 is 0 Å². The molecule has 1 aliphatic rings. The largest absolute Gasteiger partial charge is 0.391 e. The van der Waals surface area contributed by atoms with E-state index in [2.05, 4.69) is 15.2 Å². The van der Waals surface area contributed by atoms with Crippen LogP contribution >= 0.6 is 0 Å². The number of nitrogens with one attached hydrogen (secondary N) is 1. The molecule has 0 saturated carbocycles. The number of benzene rings is 1. The number of aliphatic hydroxyl groups is 1. The highest BCUT2D eigenvalue weighted by molar-refractivity contribution is 7.90. The molecule has 39 heavy (non-hydrogen) atoms. The number of nitrogens with zero attached hydrogens (tertiary/aromatic N) is 4. The van der Waals surface area contributed by atoms with E-state index in [0.717, 1.165) is 23.2 Å². The lowest BCUT2D eigenvalue weighted by Gasteiger charge is -2.21. The first-order valence-corrected chi connectivity index (χ1v) is 14.5. The third-order valence-corrected chi connectivity index (χ3v) is 8.36. The summed E-state index contributed by atoms with van der Waals surface area (Å²) in [7, 11) is -3.44. The maximum absolute atomic E-state index is 12.7. The summed E-state index contributed by atoms with van der Waals surface area (Å²) in [5.74, 6) is 0.409. The number of sulfone groups is 1. The fourth-order valence-corrected chi connectivity index (χ4v) is 5.74. The third kappa shape index (κ3) is 5.62. The standard InChI is InChI=1S/C29H31N5O4S/c1-18-8-9-19(12-25(18)39(4,37)38)28(36)31-15-21-13-24-20(14-30-21)10-11-23(32-24)22-6-5-7-27(33-22)34-16-26(35)29(2,3)17-34/h5-14,26,35H,15-17H2,1-4H3,(H,31,36)/t26-/m1/s1. The molecule has 1 aromatic carbocycles. The summed E-state index contributed by atoms with van der Waals surface area (Å²) in [5, 5.41) is 14.0.